The van der Waals surface area contributed by atoms with Crippen LogP contribution >= 0.6 is 0 Å². The monoisotopic (exact) mass is 336 g/mol. The van der Waals surface area contributed by atoms with Crippen LogP contribution < -0.4 is 0 Å². The van der Waals surface area contributed by atoms with Crippen LogP contribution in [-0.4, -0.2) is 32.8 Å². The third-order valence-electron chi connectivity index (χ3n) is 4.89. The van der Waals surface area contributed by atoms with E-state index in [2.05, 4.69) is 39.4 Å². The molecule has 0 saturated carbocycles. The van der Waals surface area contributed by atoms with Gasteiger partial charge in [0.05, 0.1) is 5.56 Å². The third-order valence-corrected chi connectivity index (χ3v) is 4.89. The SMILES string of the molecule is Fc1ccccc1-c1nncn1C1CCN(Cc2ccccc2)CC1. The molecule has 0 bridgehead atoms. The molecule has 128 valence electrons. The summed E-state index contributed by atoms with van der Waals surface area (Å²) in [7, 11) is 0. The predicted octanol–water partition coefficient (Wildman–Crippen LogP) is 3.92. The predicted molar refractivity (Wildman–Crippen MR) is 95.4 cm³/mol. The zero-order chi connectivity index (χ0) is 17.1. The Bertz CT molecular complexity index is 822. The quantitative estimate of drug-likeness (QED) is 0.724. The van der Waals surface area contributed by atoms with Gasteiger partial charge in [0.2, 0.25) is 0 Å². The first-order valence-electron chi connectivity index (χ1n) is 8.72. The summed E-state index contributed by atoms with van der Waals surface area (Å²) in [5, 5.41) is 8.20. The van der Waals surface area contributed by atoms with E-state index in [9.17, 15) is 4.39 Å². The van der Waals surface area contributed by atoms with Crippen LogP contribution in [0, 0.1) is 5.82 Å². The Balaban J connectivity index is 1.45. The molecule has 4 rings (SSSR count). The second kappa shape index (κ2) is 7.15. The van der Waals surface area contributed by atoms with Gasteiger partial charge < -0.3 is 4.57 Å². The summed E-state index contributed by atoms with van der Waals surface area (Å²) in [6.07, 6.45) is 3.78. The fourth-order valence-electron chi connectivity index (χ4n) is 3.54. The molecule has 0 spiro atoms. The maximum absolute atomic E-state index is 14.1. The zero-order valence-electron chi connectivity index (χ0n) is 14.1. The molecule has 0 N–H and O–H groups in total. The van der Waals surface area contributed by atoms with Crippen LogP contribution in [0.5, 0.6) is 0 Å². The van der Waals surface area contributed by atoms with Gasteiger partial charge in [0.15, 0.2) is 5.82 Å². The number of benzene rings is 2. The van der Waals surface area contributed by atoms with Crippen LogP contribution in [0.15, 0.2) is 60.9 Å². The van der Waals surface area contributed by atoms with Gasteiger partial charge in [-0.25, -0.2) is 4.39 Å². The van der Waals surface area contributed by atoms with Crippen molar-refractivity contribution in [2.24, 2.45) is 0 Å². The van der Waals surface area contributed by atoms with Crippen molar-refractivity contribution in [3.63, 3.8) is 0 Å². The van der Waals surface area contributed by atoms with E-state index in [1.807, 2.05) is 16.7 Å². The van der Waals surface area contributed by atoms with Gasteiger partial charge in [0, 0.05) is 25.7 Å². The highest BCUT2D eigenvalue weighted by Gasteiger charge is 2.24. The number of piperidine rings is 1. The first-order chi connectivity index (χ1) is 12.3. The molecule has 1 fully saturated rings. The van der Waals surface area contributed by atoms with Crippen molar-refractivity contribution >= 4 is 0 Å². The lowest BCUT2D eigenvalue weighted by molar-refractivity contribution is 0.180. The zero-order valence-corrected chi connectivity index (χ0v) is 14.1. The average molecular weight is 336 g/mol. The van der Waals surface area contributed by atoms with Crippen LogP contribution in [-0.2, 0) is 6.54 Å². The Labute approximate surface area is 146 Å². The summed E-state index contributed by atoms with van der Waals surface area (Å²) in [4.78, 5) is 2.47. The molecule has 5 heteroatoms. The minimum Gasteiger partial charge on any atom is -0.310 e. The summed E-state index contributed by atoms with van der Waals surface area (Å²) in [5.74, 6) is 0.373. The molecule has 1 aliphatic heterocycles. The van der Waals surface area contributed by atoms with Crippen LogP contribution in [0.3, 0.4) is 0 Å². The number of hydrogen-bond acceptors (Lipinski definition) is 3. The Morgan fingerprint density at radius 1 is 0.960 bits per heavy atom. The lowest BCUT2D eigenvalue weighted by Crippen LogP contribution is -2.34. The molecular formula is C20H21FN4. The van der Waals surface area contributed by atoms with Crippen molar-refractivity contribution in [1.29, 1.82) is 0 Å². The molecule has 3 aromatic rings. The van der Waals surface area contributed by atoms with Gasteiger partial charge in [-0.3, -0.25) is 4.90 Å². The fourth-order valence-corrected chi connectivity index (χ4v) is 3.54. The summed E-state index contributed by atoms with van der Waals surface area (Å²) < 4.78 is 16.2. The van der Waals surface area contributed by atoms with Gasteiger partial charge in [-0.2, -0.15) is 0 Å². The number of rotatable bonds is 4. The van der Waals surface area contributed by atoms with E-state index < -0.39 is 0 Å². The smallest absolute Gasteiger partial charge is 0.166 e. The van der Waals surface area contributed by atoms with E-state index in [1.165, 1.54) is 11.6 Å². The number of hydrogen-bond donors (Lipinski definition) is 0. The minimum absolute atomic E-state index is 0.252. The molecule has 4 nitrogen and oxygen atoms in total. The van der Waals surface area contributed by atoms with E-state index in [-0.39, 0.29) is 5.82 Å². The number of halogens is 1. The molecule has 1 saturated heterocycles. The van der Waals surface area contributed by atoms with Crippen molar-refractivity contribution < 1.29 is 4.39 Å². The van der Waals surface area contributed by atoms with Crippen molar-refractivity contribution in [3.05, 3.63) is 72.3 Å². The number of aromatic nitrogens is 3. The maximum atomic E-state index is 14.1. The lowest BCUT2D eigenvalue weighted by atomic mass is 10.0. The fraction of sp³-hybridized carbons (Fsp3) is 0.300. The highest BCUT2D eigenvalue weighted by Crippen LogP contribution is 2.29. The van der Waals surface area contributed by atoms with Crippen LogP contribution in [0.2, 0.25) is 0 Å². The molecule has 25 heavy (non-hydrogen) atoms. The van der Waals surface area contributed by atoms with E-state index in [0.29, 0.717) is 17.4 Å². The van der Waals surface area contributed by atoms with Gasteiger partial charge in [-0.15, -0.1) is 10.2 Å². The molecule has 0 radical (unpaired) electrons. The van der Waals surface area contributed by atoms with E-state index in [1.54, 1.807) is 18.5 Å². The van der Waals surface area contributed by atoms with Gasteiger partial charge in [0.1, 0.15) is 12.1 Å². The molecule has 1 aliphatic rings. The van der Waals surface area contributed by atoms with Gasteiger partial charge in [0.25, 0.3) is 0 Å². The van der Waals surface area contributed by atoms with E-state index >= 15 is 0 Å². The second-order valence-corrected chi connectivity index (χ2v) is 6.53. The summed E-state index contributed by atoms with van der Waals surface area (Å²) in [6.45, 7) is 3.03. The highest BCUT2D eigenvalue weighted by atomic mass is 19.1. The summed E-state index contributed by atoms with van der Waals surface area (Å²) in [6, 6.07) is 17.6. The Morgan fingerprint density at radius 2 is 1.68 bits per heavy atom. The molecule has 0 aliphatic carbocycles. The van der Waals surface area contributed by atoms with E-state index in [0.717, 1.165) is 32.5 Å². The van der Waals surface area contributed by atoms with E-state index in [4.69, 9.17) is 0 Å². The average Bonchev–Trinajstić information content (AvgIpc) is 3.13. The first-order valence-corrected chi connectivity index (χ1v) is 8.72. The largest absolute Gasteiger partial charge is 0.310 e. The highest BCUT2D eigenvalue weighted by molar-refractivity contribution is 5.55. The molecule has 1 aromatic heterocycles. The van der Waals surface area contributed by atoms with Crippen LogP contribution in [0.4, 0.5) is 4.39 Å². The molecule has 0 atom stereocenters. The molecule has 0 unspecified atom stereocenters. The minimum atomic E-state index is -0.252. The van der Waals surface area contributed by atoms with Gasteiger partial charge in [-0.05, 0) is 30.5 Å². The van der Waals surface area contributed by atoms with Crippen molar-refractivity contribution in [2.45, 2.75) is 25.4 Å². The van der Waals surface area contributed by atoms with Crippen LogP contribution in [0.1, 0.15) is 24.4 Å². The Hall–Kier alpha value is -2.53. The van der Waals surface area contributed by atoms with Crippen molar-refractivity contribution in [3.8, 4) is 11.4 Å². The molecular weight excluding hydrogens is 315 g/mol. The summed E-state index contributed by atoms with van der Waals surface area (Å²) >= 11 is 0. The molecule has 0 amide bonds. The molecule has 2 aromatic carbocycles. The van der Waals surface area contributed by atoms with Crippen LogP contribution in [0.25, 0.3) is 11.4 Å². The number of likely N-dealkylation sites (tertiary alicyclic amines) is 1. The molecule has 2 heterocycles. The topological polar surface area (TPSA) is 34.0 Å². The normalized spacial score (nSPS) is 16.2. The standard InChI is InChI=1S/C20H21FN4/c21-19-9-5-4-8-18(19)20-23-22-15-25(20)17-10-12-24(13-11-17)14-16-6-2-1-3-7-16/h1-9,15,17H,10-14H2. The number of nitrogens with zero attached hydrogens (tertiary/aromatic N) is 4. The van der Waals surface area contributed by atoms with Gasteiger partial charge in [-0.1, -0.05) is 42.5 Å². The third kappa shape index (κ3) is 3.46. The summed E-state index contributed by atoms with van der Waals surface area (Å²) in [5.41, 5.74) is 1.86. The van der Waals surface area contributed by atoms with Gasteiger partial charge >= 0.3 is 0 Å². The Morgan fingerprint density at radius 3 is 2.44 bits per heavy atom. The second-order valence-electron chi connectivity index (χ2n) is 6.53. The van der Waals surface area contributed by atoms with Crippen molar-refractivity contribution in [1.82, 2.24) is 19.7 Å². The van der Waals surface area contributed by atoms with Crippen molar-refractivity contribution in [2.75, 3.05) is 13.1 Å². The maximum Gasteiger partial charge on any atom is 0.166 e. The Kier molecular flexibility index (Phi) is 4.57. The lowest BCUT2D eigenvalue weighted by Gasteiger charge is -2.33. The first kappa shape index (κ1) is 16.0.